The highest BCUT2D eigenvalue weighted by molar-refractivity contribution is 5.97. The summed E-state index contributed by atoms with van der Waals surface area (Å²) in [4.78, 5) is 13.8. The molecule has 1 fully saturated rings. The first-order valence-corrected chi connectivity index (χ1v) is 6.51. The molecular weight excluding hydrogens is 254 g/mol. The fourth-order valence-corrected chi connectivity index (χ4v) is 1.97. The second-order valence-corrected chi connectivity index (χ2v) is 4.59. The summed E-state index contributed by atoms with van der Waals surface area (Å²) in [7, 11) is 0. The van der Waals surface area contributed by atoms with Crippen molar-refractivity contribution in [2.75, 3.05) is 31.6 Å². The number of carbonyl (C=O) groups excluding carboxylic acids is 1. The van der Waals surface area contributed by atoms with Crippen LogP contribution in [0.25, 0.3) is 0 Å². The quantitative estimate of drug-likeness (QED) is 0.671. The van der Waals surface area contributed by atoms with E-state index < -0.39 is 0 Å². The number of hydrogen-bond acceptors (Lipinski definition) is 4. The first-order chi connectivity index (χ1) is 9.70. The Kier molecular flexibility index (Phi) is 4.75. The molecule has 5 heteroatoms. The Labute approximate surface area is 118 Å². The van der Waals surface area contributed by atoms with Crippen LogP contribution in [0.1, 0.15) is 5.56 Å². The summed E-state index contributed by atoms with van der Waals surface area (Å²) in [6.45, 7) is 4.09. The van der Waals surface area contributed by atoms with Crippen LogP contribution in [0.5, 0.6) is 0 Å². The predicted octanol–water partition coefficient (Wildman–Crippen LogP) is 1.67. The minimum absolute atomic E-state index is 0.105. The Morgan fingerprint density at radius 3 is 2.85 bits per heavy atom. The van der Waals surface area contributed by atoms with Gasteiger partial charge in [-0.25, -0.2) is 0 Å². The molecule has 1 saturated heterocycles. The zero-order valence-electron chi connectivity index (χ0n) is 11.4. The molecule has 0 spiro atoms. The molecule has 2 rings (SSSR count). The molecule has 0 aliphatic carbocycles. The molecule has 0 atom stereocenters. The number of amides is 1. The molecular formula is C15H17N3O2. The third-order valence-corrected chi connectivity index (χ3v) is 3.05. The number of rotatable bonds is 3. The Morgan fingerprint density at radius 2 is 2.20 bits per heavy atom. The highest BCUT2D eigenvalue weighted by Crippen LogP contribution is 2.11. The Hall–Kier alpha value is -2.32. The molecule has 1 amide bonds. The van der Waals surface area contributed by atoms with Gasteiger partial charge in [0.1, 0.15) is 11.6 Å². The highest BCUT2D eigenvalue weighted by atomic mass is 16.5. The van der Waals surface area contributed by atoms with Crippen LogP contribution in [0.4, 0.5) is 5.69 Å². The van der Waals surface area contributed by atoms with E-state index in [1.54, 1.807) is 4.90 Å². The highest BCUT2D eigenvalue weighted by Gasteiger charge is 2.20. The number of aryl methyl sites for hydroxylation is 1. The number of nitriles is 1. The maximum Gasteiger partial charge on any atom is 0.266 e. The van der Waals surface area contributed by atoms with Crippen LogP contribution in [0.3, 0.4) is 0 Å². The molecule has 1 aromatic carbocycles. The van der Waals surface area contributed by atoms with Gasteiger partial charge in [0.15, 0.2) is 0 Å². The van der Waals surface area contributed by atoms with Crippen LogP contribution < -0.4 is 5.32 Å². The van der Waals surface area contributed by atoms with Crippen LogP contribution in [0.15, 0.2) is 36.0 Å². The van der Waals surface area contributed by atoms with E-state index in [2.05, 4.69) is 5.32 Å². The van der Waals surface area contributed by atoms with Crippen molar-refractivity contribution in [1.29, 1.82) is 5.26 Å². The molecule has 1 heterocycles. The van der Waals surface area contributed by atoms with Crippen molar-refractivity contribution in [1.82, 2.24) is 4.90 Å². The number of anilines is 1. The second-order valence-electron chi connectivity index (χ2n) is 4.59. The van der Waals surface area contributed by atoms with Crippen molar-refractivity contribution < 1.29 is 9.53 Å². The summed E-state index contributed by atoms with van der Waals surface area (Å²) in [5.41, 5.74) is 2.07. The third kappa shape index (κ3) is 3.59. The summed E-state index contributed by atoms with van der Waals surface area (Å²) in [6, 6.07) is 9.69. The summed E-state index contributed by atoms with van der Waals surface area (Å²) in [6.07, 6.45) is 1.46. The molecule has 0 aromatic heterocycles. The lowest BCUT2D eigenvalue weighted by Crippen LogP contribution is -2.41. The van der Waals surface area contributed by atoms with Crippen molar-refractivity contribution in [3.05, 3.63) is 41.6 Å². The summed E-state index contributed by atoms with van der Waals surface area (Å²) < 4.78 is 5.19. The average Bonchev–Trinajstić information content (AvgIpc) is 2.48. The molecule has 104 valence electrons. The van der Waals surface area contributed by atoms with Gasteiger partial charge in [-0.05, 0) is 24.6 Å². The lowest BCUT2D eigenvalue weighted by atomic mass is 10.2. The predicted molar refractivity (Wildman–Crippen MR) is 75.9 cm³/mol. The van der Waals surface area contributed by atoms with Crippen molar-refractivity contribution in [2.24, 2.45) is 0 Å². The minimum atomic E-state index is -0.254. The van der Waals surface area contributed by atoms with Gasteiger partial charge in [0.05, 0.1) is 13.2 Å². The number of carbonyl (C=O) groups is 1. The lowest BCUT2D eigenvalue weighted by molar-refractivity contribution is -0.130. The molecule has 1 aromatic rings. The molecule has 0 saturated carbocycles. The van der Waals surface area contributed by atoms with Gasteiger partial charge in [-0.3, -0.25) is 4.79 Å². The lowest BCUT2D eigenvalue weighted by Gasteiger charge is -2.26. The van der Waals surface area contributed by atoms with Crippen molar-refractivity contribution in [3.63, 3.8) is 0 Å². The number of benzene rings is 1. The zero-order valence-corrected chi connectivity index (χ0v) is 11.4. The van der Waals surface area contributed by atoms with Gasteiger partial charge in [-0.1, -0.05) is 12.1 Å². The zero-order chi connectivity index (χ0) is 14.4. The Morgan fingerprint density at radius 1 is 1.45 bits per heavy atom. The number of ether oxygens (including phenoxy) is 1. The van der Waals surface area contributed by atoms with Gasteiger partial charge in [0, 0.05) is 25.0 Å². The van der Waals surface area contributed by atoms with Crippen LogP contribution in [-0.4, -0.2) is 37.1 Å². The fraction of sp³-hybridized carbons (Fsp3) is 0.333. The van der Waals surface area contributed by atoms with Gasteiger partial charge in [0.2, 0.25) is 0 Å². The van der Waals surface area contributed by atoms with Crippen LogP contribution in [-0.2, 0) is 9.53 Å². The maximum absolute atomic E-state index is 12.2. The molecule has 0 unspecified atom stereocenters. The molecule has 1 N–H and O–H groups in total. The van der Waals surface area contributed by atoms with Crippen LogP contribution in [0, 0.1) is 18.3 Å². The molecule has 0 radical (unpaired) electrons. The summed E-state index contributed by atoms with van der Waals surface area (Å²) in [5, 5.41) is 12.1. The smallest absolute Gasteiger partial charge is 0.266 e. The molecule has 1 aliphatic heterocycles. The van der Waals surface area contributed by atoms with E-state index in [0.717, 1.165) is 11.3 Å². The maximum atomic E-state index is 12.2. The van der Waals surface area contributed by atoms with Crippen molar-refractivity contribution in [2.45, 2.75) is 6.92 Å². The minimum Gasteiger partial charge on any atom is -0.378 e. The molecule has 0 bridgehead atoms. The molecule has 1 aliphatic rings. The second kappa shape index (κ2) is 6.73. The number of morpholine rings is 1. The van der Waals surface area contributed by atoms with E-state index in [9.17, 15) is 4.79 Å². The first-order valence-electron chi connectivity index (χ1n) is 6.51. The van der Waals surface area contributed by atoms with Crippen LogP contribution >= 0.6 is 0 Å². The van der Waals surface area contributed by atoms with Gasteiger partial charge in [0.25, 0.3) is 5.91 Å². The van der Waals surface area contributed by atoms with Gasteiger partial charge in [-0.15, -0.1) is 0 Å². The standard InChI is InChI=1S/C15H17N3O2/c1-12-3-2-4-14(9-12)17-11-13(10-16)15(19)18-5-7-20-8-6-18/h2-4,9,11,17H,5-8H2,1H3/b13-11-. The van der Waals surface area contributed by atoms with Gasteiger partial charge in [-0.2, -0.15) is 5.26 Å². The Balaban J connectivity index is 2.05. The number of hydrogen-bond donors (Lipinski definition) is 1. The van der Waals surface area contributed by atoms with E-state index in [4.69, 9.17) is 10.00 Å². The van der Waals surface area contributed by atoms with Crippen molar-refractivity contribution in [3.8, 4) is 6.07 Å². The van der Waals surface area contributed by atoms with Gasteiger partial charge >= 0.3 is 0 Å². The SMILES string of the molecule is Cc1cccc(N/C=C(/C#N)C(=O)N2CCOCC2)c1. The fourth-order valence-electron chi connectivity index (χ4n) is 1.97. The Bertz CT molecular complexity index is 554. The largest absolute Gasteiger partial charge is 0.378 e. The molecule has 5 nitrogen and oxygen atoms in total. The number of nitrogens with zero attached hydrogens (tertiary/aromatic N) is 2. The van der Waals surface area contributed by atoms with Crippen molar-refractivity contribution >= 4 is 11.6 Å². The van der Waals surface area contributed by atoms with E-state index in [-0.39, 0.29) is 11.5 Å². The number of nitrogens with one attached hydrogen (secondary N) is 1. The summed E-state index contributed by atoms with van der Waals surface area (Å²) >= 11 is 0. The topological polar surface area (TPSA) is 65.4 Å². The van der Waals surface area contributed by atoms with Gasteiger partial charge < -0.3 is 15.0 Å². The van der Waals surface area contributed by atoms with E-state index in [1.807, 2.05) is 37.3 Å². The molecule has 20 heavy (non-hydrogen) atoms. The monoisotopic (exact) mass is 271 g/mol. The normalized spacial score (nSPS) is 15.6. The van der Waals surface area contributed by atoms with Crippen LogP contribution in [0.2, 0.25) is 0 Å². The van der Waals surface area contributed by atoms with E-state index in [0.29, 0.717) is 26.3 Å². The first kappa shape index (κ1) is 14.1. The van der Waals surface area contributed by atoms with E-state index >= 15 is 0 Å². The third-order valence-electron chi connectivity index (χ3n) is 3.05. The average molecular weight is 271 g/mol. The van der Waals surface area contributed by atoms with E-state index in [1.165, 1.54) is 6.20 Å². The summed E-state index contributed by atoms with van der Waals surface area (Å²) in [5.74, 6) is -0.254.